The summed E-state index contributed by atoms with van der Waals surface area (Å²) in [5.41, 5.74) is 1.09. The van der Waals surface area contributed by atoms with Gasteiger partial charge in [-0.25, -0.2) is 0 Å². The summed E-state index contributed by atoms with van der Waals surface area (Å²) in [6.07, 6.45) is 0. The molecule has 0 radical (unpaired) electrons. The molecule has 0 unspecified atom stereocenters. The SMILES string of the molecule is ClC(Cl)(Cl)NCc1ccccc1. The van der Waals surface area contributed by atoms with Crippen LogP contribution in [0.1, 0.15) is 5.56 Å². The summed E-state index contributed by atoms with van der Waals surface area (Å²) in [6, 6.07) is 9.75. The van der Waals surface area contributed by atoms with E-state index >= 15 is 0 Å². The fourth-order valence-corrected chi connectivity index (χ4v) is 0.999. The van der Waals surface area contributed by atoms with Gasteiger partial charge in [0.25, 0.3) is 0 Å². The number of rotatable bonds is 2. The smallest absolute Gasteiger partial charge is 0.245 e. The van der Waals surface area contributed by atoms with E-state index in [1.54, 1.807) is 0 Å². The summed E-state index contributed by atoms with van der Waals surface area (Å²) >= 11 is 16.5. The van der Waals surface area contributed by atoms with Gasteiger partial charge < -0.3 is 0 Å². The Hall–Kier alpha value is 0.0500. The molecular formula is C8H8Cl3N. The van der Waals surface area contributed by atoms with E-state index < -0.39 is 3.92 Å². The average Bonchev–Trinajstić information content (AvgIpc) is 2.02. The van der Waals surface area contributed by atoms with Crippen LogP contribution in [0.3, 0.4) is 0 Å². The molecule has 0 heterocycles. The van der Waals surface area contributed by atoms with Crippen LogP contribution in [0.2, 0.25) is 0 Å². The van der Waals surface area contributed by atoms with E-state index in [-0.39, 0.29) is 0 Å². The van der Waals surface area contributed by atoms with E-state index in [4.69, 9.17) is 34.8 Å². The summed E-state index contributed by atoms with van der Waals surface area (Å²) in [5, 5.41) is 2.73. The lowest BCUT2D eigenvalue weighted by Crippen LogP contribution is -2.27. The summed E-state index contributed by atoms with van der Waals surface area (Å²) in [4.78, 5) is 0. The Morgan fingerprint density at radius 1 is 1.08 bits per heavy atom. The molecule has 1 N–H and O–H groups in total. The predicted molar refractivity (Wildman–Crippen MR) is 53.6 cm³/mol. The van der Waals surface area contributed by atoms with Crippen LogP contribution < -0.4 is 5.32 Å². The first-order chi connectivity index (χ1) is 5.58. The lowest BCUT2D eigenvalue weighted by molar-refractivity contribution is 0.717. The van der Waals surface area contributed by atoms with E-state index in [9.17, 15) is 0 Å². The Balaban J connectivity index is 2.44. The lowest BCUT2D eigenvalue weighted by atomic mass is 10.2. The van der Waals surface area contributed by atoms with Gasteiger partial charge in [-0.05, 0) is 5.56 Å². The van der Waals surface area contributed by atoms with E-state index in [0.29, 0.717) is 6.54 Å². The molecule has 0 fully saturated rings. The Morgan fingerprint density at radius 3 is 2.17 bits per heavy atom. The summed E-state index contributed by atoms with van der Waals surface area (Å²) in [5.74, 6) is 0. The first-order valence-electron chi connectivity index (χ1n) is 3.43. The maximum absolute atomic E-state index is 5.50. The highest BCUT2D eigenvalue weighted by Crippen LogP contribution is 2.22. The molecule has 0 aliphatic rings. The van der Waals surface area contributed by atoms with Crippen molar-refractivity contribution in [3.05, 3.63) is 35.9 Å². The quantitative estimate of drug-likeness (QED) is 0.601. The summed E-state index contributed by atoms with van der Waals surface area (Å²) in [6.45, 7) is 0.553. The highest BCUT2D eigenvalue weighted by Gasteiger charge is 2.17. The third-order valence-corrected chi connectivity index (χ3v) is 1.74. The van der Waals surface area contributed by atoms with Crippen molar-refractivity contribution in [3.8, 4) is 0 Å². The standard InChI is InChI=1S/C8H8Cl3N/c9-8(10,11)12-6-7-4-2-1-3-5-7/h1-5,12H,6H2. The topological polar surface area (TPSA) is 12.0 Å². The van der Waals surface area contributed by atoms with Gasteiger partial charge in [-0.3, -0.25) is 5.32 Å². The zero-order valence-corrected chi connectivity index (χ0v) is 8.50. The van der Waals surface area contributed by atoms with Gasteiger partial charge in [0.15, 0.2) is 0 Å². The molecule has 0 saturated heterocycles. The van der Waals surface area contributed by atoms with E-state index in [0.717, 1.165) is 5.56 Å². The molecule has 0 spiro atoms. The van der Waals surface area contributed by atoms with Gasteiger partial charge in [-0.15, -0.1) is 0 Å². The molecular weight excluding hydrogens is 216 g/mol. The van der Waals surface area contributed by atoms with Gasteiger partial charge in [-0.1, -0.05) is 65.1 Å². The van der Waals surface area contributed by atoms with Crippen molar-refractivity contribution < 1.29 is 0 Å². The minimum atomic E-state index is -1.38. The largest absolute Gasteiger partial charge is 0.269 e. The van der Waals surface area contributed by atoms with Crippen molar-refractivity contribution in [2.24, 2.45) is 0 Å². The number of nitrogens with one attached hydrogen (secondary N) is 1. The van der Waals surface area contributed by atoms with Crippen molar-refractivity contribution in [2.45, 2.75) is 10.5 Å². The van der Waals surface area contributed by atoms with Crippen LogP contribution in [-0.4, -0.2) is 3.92 Å². The molecule has 1 nitrogen and oxygen atoms in total. The summed E-state index contributed by atoms with van der Waals surface area (Å²) < 4.78 is -1.38. The van der Waals surface area contributed by atoms with Crippen LogP contribution in [0.25, 0.3) is 0 Å². The highest BCUT2D eigenvalue weighted by atomic mass is 35.6. The number of hydrogen-bond donors (Lipinski definition) is 1. The van der Waals surface area contributed by atoms with Crippen LogP contribution in [0, 0.1) is 0 Å². The Morgan fingerprint density at radius 2 is 1.67 bits per heavy atom. The molecule has 0 bridgehead atoms. The first kappa shape index (κ1) is 10.1. The van der Waals surface area contributed by atoms with E-state index in [2.05, 4.69) is 5.32 Å². The third-order valence-electron chi connectivity index (χ3n) is 1.34. The maximum atomic E-state index is 5.50. The molecule has 1 rings (SSSR count). The number of alkyl halides is 3. The van der Waals surface area contributed by atoms with Crippen molar-refractivity contribution in [1.29, 1.82) is 0 Å². The zero-order valence-electron chi connectivity index (χ0n) is 6.23. The monoisotopic (exact) mass is 223 g/mol. The second-order valence-corrected chi connectivity index (χ2v) is 4.62. The van der Waals surface area contributed by atoms with Crippen molar-refractivity contribution >= 4 is 34.8 Å². The Labute approximate surface area is 86.6 Å². The van der Waals surface area contributed by atoms with Crippen LogP contribution in [0.4, 0.5) is 0 Å². The van der Waals surface area contributed by atoms with Crippen molar-refractivity contribution in [2.75, 3.05) is 0 Å². The second kappa shape index (κ2) is 4.33. The first-order valence-corrected chi connectivity index (χ1v) is 4.57. The maximum Gasteiger partial charge on any atom is 0.245 e. The molecule has 0 aromatic heterocycles. The van der Waals surface area contributed by atoms with Gasteiger partial charge in [-0.2, -0.15) is 0 Å². The second-order valence-electron chi connectivity index (χ2n) is 2.34. The molecule has 4 heteroatoms. The van der Waals surface area contributed by atoms with E-state index in [1.165, 1.54) is 0 Å². The molecule has 0 aliphatic heterocycles. The molecule has 1 aromatic rings. The molecule has 0 amide bonds. The molecule has 12 heavy (non-hydrogen) atoms. The number of benzene rings is 1. The minimum absolute atomic E-state index is 0.553. The molecule has 0 atom stereocenters. The molecule has 0 aliphatic carbocycles. The molecule has 0 saturated carbocycles. The minimum Gasteiger partial charge on any atom is -0.269 e. The van der Waals surface area contributed by atoms with E-state index in [1.807, 2.05) is 30.3 Å². The number of hydrogen-bond acceptors (Lipinski definition) is 1. The van der Waals surface area contributed by atoms with Gasteiger partial charge >= 0.3 is 0 Å². The fraction of sp³-hybridized carbons (Fsp3) is 0.250. The summed E-state index contributed by atoms with van der Waals surface area (Å²) in [7, 11) is 0. The molecule has 66 valence electrons. The highest BCUT2D eigenvalue weighted by molar-refractivity contribution is 6.67. The predicted octanol–water partition coefficient (Wildman–Crippen LogP) is 3.10. The molecule has 1 aromatic carbocycles. The Bertz CT molecular complexity index is 230. The van der Waals surface area contributed by atoms with Crippen LogP contribution >= 0.6 is 34.8 Å². The van der Waals surface area contributed by atoms with Crippen LogP contribution in [0.5, 0.6) is 0 Å². The van der Waals surface area contributed by atoms with Crippen molar-refractivity contribution in [3.63, 3.8) is 0 Å². The normalized spacial score (nSPS) is 11.6. The zero-order chi connectivity index (χ0) is 9.03. The lowest BCUT2D eigenvalue weighted by Gasteiger charge is -2.12. The average molecular weight is 225 g/mol. The fourth-order valence-electron chi connectivity index (χ4n) is 0.798. The van der Waals surface area contributed by atoms with Crippen molar-refractivity contribution in [1.82, 2.24) is 5.32 Å². The van der Waals surface area contributed by atoms with Gasteiger partial charge in [0.2, 0.25) is 3.92 Å². The van der Waals surface area contributed by atoms with Crippen LogP contribution in [0.15, 0.2) is 30.3 Å². The van der Waals surface area contributed by atoms with Gasteiger partial charge in [0.05, 0.1) is 0 Å². The number of halogens is 3. The van der Waals surface area contributed by atoms with Gasteiger partial charge in [0.1, 0.15) is 0 Å². The Kier molecular flexibility index (Phi) is 3.66. The third kappa shape index (κ3) is 4.17. The van der Waals surface area contributed by atoms with Gasteiger partial charge in [0, 0.05) is 6.54 Å². The van der Waals surface area contributed by atoms with Crippen LogP contribution in [-0.2, 0) is 6.54 Å².